The van der Waals surface area contributed by atoms with Crippen molar-refractivity contribution in [3.05, 3.63) is 5.21 Å². The zero-order chi connectivity index (χ0) is 10.9. The normalized spacial score (nSPS) is 46.1. The summed E-state index contributed by atoms with van der Waals surface area (Å²) in [5, 5.41) is 24.2. The van der Waals surface area contributed by atoms with Gasteiger partial charge in [-0.05, 0) is 27.7 Å². The molecular formula is C10H19N2O2-. The van der Waals surface area contributed by atoms with Crippen LogP contribution in [0.2, 0.25) is 0 Å². The Kier molecular flexibility index (Phi) is 1.85. The molecule has 0 aromatic rings. The fourth-order valence-electron chi connectivity index (χ4n) is 3.47. The van der Waals surface area contributed by atoms with Gasteiger partial charge in [0.05, 0.1) is 5.54 Å². The van der Waals surface area contributed by atoms with Crippen LogP contribution >= 0.6 is 0 Å². The molecule has 0 spiro atoms. The van der Waals surface area contributed by atoms with Gasteiger partial charge in [-0.1, -0.05) is 6.92 Å². The first-order chi connectivity index (χ1) is 6.22. The van der Waals surface area contributed by atoms with Gasteiger partial charge in [0.25, 0.3) is 0 Å². The number of hydroxylamine groups is 4. The zero-order valence-corrected chi connectivity index (χ0v) is 9.48. The molecule has 0 aliphatic carbocycles. The lowest BCUT2D eigenvalue weighted by atomic mass is 9.71. The predicted molar refractivity (Wildman–Crippen MR) is 53.7 cm³/mol. The summed E-state index contributed by atoms with van der Waals surface area (Å²) in [4.78, 5) is 0. The molecule has 14 heavy (non-hydrogen) atoms. The standard InChI is InChI=1S/C10H19N2O2/c1-6-7-8(11(6)13)10(4,5)12(14)9(7,2)3/h6-8,14H,1-5H3/q-1. The molecule has 3 unspecified atom stereocenters. The van der Waals surface area contributed by atoms with Crippen molar-refractivity contribution >= 4 is 0 Å². The van der Waals surface area contributed by atoms with Crippen LogP contribution in [-0.2, 0) is 0 Å². The third kappa shape index (κ3) is 0.877. The number of hydrogen-bond acceptors (Lipinski definition) is 4. The van der Waals surface area contributed by atoms with Gasteiger partial charge in [0, 0.05) is 23.5 Å². The van der Waals surface area contributed by atoms with E-state index in [0.717, 1.165) is 5.06 Å². The first-order valence-electron chi connectivity index (χ1n) is 5.17. The van der Waals surface area contributed by atoms with Crippen molar-refractivity contribution in [2.45, 2.75) is 57.8 Å². The second-order valence-corrected chi connectivity index (χ2v) is 5.69. The predicted octanol–water partition coefficient (Wildman–Crippen LogP) is 1.44. The highest BCUT2D eigenvalue weighted by Gasteiger charge is 2.65. The van der Waals surface area contributed by atoms with E-state index in [1.807, 2.05) is 34.6 Å². The minimum Gasteiger partial charge on any atom is -0.785 e. The lowest BCUT2D eigenvalue weighted by molar-refractivity contribution is -0.195. The van der Waals surface area contributed by atoms with Crippen LogP contribution in [-0.4, -0.2) is 38.5 Å². The van der Waals surface area contributed by atoms with Crippen LogP contribution in [0, 0.1) is 11.1 Å². The van der Waals surface area contributed by atoms with Crippen LogP contribution in [0.5, 0.6) is 0 Å². The van der Waals surface area contributed by atoms with E-state index in [-0.39, 0.29) is 23.5 Å². The number of hydrogen-bond donors (Lipinski definition) is 1. The molecule has 0 bridgehead atoms. The fourth-order valence-corrected chi connectivity index (χ4v) is 3.47. The quantitative estimate of drug-likeness (QED) is 0.641. The zero-order valence-electron chi connectivity index (χ0n) is 9.48. The smallest absolute Gasteiger partial charge is 0.0560 e. The van der Waals surface area contributed by atoms with Gasteiger partial charge in [0.15, 0.2) is 0 Å². The molecule has 0 amide bonds. The highest BCUT2D eigenvalue weighted by molar-refractivity contribution is 5.21. The highest BCUT2D eigenvalue weighted by atomic mass is 16.5. The van der Waals surface area contributed by atoms with Gasteiger partial charge < -0.3 is 15.5 Å². The highest BCUT2D eigenvalue weighted by Crippen LogP contribution is 2.54. The van der Waals surface area contributed by atoms with E-state index in [2.05, 4.69) is 0 Å². The SMILES string of the molecule is CC1C2C(N1[O-])C(C)(C)N(O)C2(C)C. The lowest BCUT2D eigenvalue weighted by Crippen LogP contribution is -2.66. The third-order valence-corrected chi connectivity index (χ3v) is 4.17. The topological polar surface area (TPSA) is 49.8 Å². The summed E-state index contributed by atoms with van der Waals surface area (Å²) in [6, 6.07) is -0.0519. The third-order valence-electron chi connectivity index (χ3n) is 4.17. The van der Waals surface area contributed by atoms with Crippen LogP contribution in [0.4, 0.5) is 0 Å². The fraction of sp³-hybridized carbons (Fsp3) is 1.00. The van der Waals surface area contributed by atoms with E-state index < -0.39 is 5.54 Å². The molecule has 3 atom stereocenters. The molecule has 4 heteroatoms. The summed E-state index contributed by atoms with van der Waals surface area (Å²) in [5.41, 5.74) is -0.739. The van der Waals surface area contributed by atoms with Crippen LogP contribution in [0.1, 0.15) is 34.6 Å². The van der Waals surface area contributed by atoms with Gasteiger partial charge in [0.2, 0.25) is 0 Å². The number of rotatable bonds is 0. The molecular weight excluding hydrogens is 180 g/mol. The summed E-state index contributed by atoms with van der Waals surface area (Å²) in [6.07, 6.45) is 0. The molecule has 2 aliphatic rings. The maximum Gasteiger partial charge on any atom is 0.0560 e. The van der Waals surface area contributed by atoms with Crippen LogP contribution in [0.25, 0.3) is 0 Å². The Bertz CT molecular complexity index is 239. The Labute approximate surface area is 85.0 Å². The Morgan fingerprint density at radius 1 is 1.14 bits per heavy atom. The molecule has 2 aliphatic heterocycles. The average Bonchev–Trinajstić information content (AvgIpc) is 2.21. The Morgan fingerprint density at radius 2 is 1.64 bits per heavy atom. The summed E-state index contributed by atoms with van der Waals surface area (Å²) < 4.78 is 0. The van der Waals surface area contributed by atoms with E-state index in [1.165, 1.54) is 5.06 Å². The van der Waals surface area contributed by atoms with E-state index in [1.54, 1.807) is 0 Å². The first-order valence-corrected chi connectivity index (χ1v) is 5.17. The Balaban J connectivity index is 2.39. The van der Waals surface area contributed by atoms with Crippen molar-refractivity contribution in [2.24, 2.45) is 5.92 Å². The van der Waals surface area contributed by atoms with E-state index in [9.17, 15) is 10.4 Å². The van der Waals surface area contributed by atoms with Crippen LogP contribution in [0.15, 0.2) is 0 Å². The minimum atomic E-state index is -0.442. The maximum atomic E-state index is 11.7. The Hall–Kier alpha value is -0.160. The Morgan fingerprint density at radius 3 is 2.07 bits per heavy atom. The van der Waals surface area contributed by atoms with E-state index in [4.69, 9.17) is 0 Å². The molecule has 0 saturated carbocycles. The van der Waals surface area contributed by atoms with Gasteiger partial charge in [0.1, 0.15) is 0 Å². The van der Waals surface area contributed by atoms with Gasteiger partial charge in [-0.2, -0.15) is 5.06 Å². The molecule has 0 radical (unpaired) electrons. The van der Waals surface area contributed by atoms with Crippen molar-refractivity contribution in [3.8, 4) is 0 Å². The monoisotopic (exact) mass is 199 g/mol. The van der Waals surface area contributed by atoms with Crippen molar-refractivity contribution in [1.29, 1.82) is 0 Å². The second-order valence-electron chi connectivity index (χ2n) is 5.69. The van der Waals surface area contributed by atoms with Gasteiger partial charge in [-0.15, -0.1) is 0 Å². The molecule has 2 fully saturated rings. The van der Waals surface area contributed by atoms with E-state index >= 15 is 0 Å². The molecule has 2 heterocycles. The summed E-state index contributed by atoms with van der Waals surface area (Å²) in [7, 11) is 0. The van der Waals surface area contributed by atoms with Crippen LogP contribution < -0.4 is 0 Å². The molecule has 1 N–H and O–H groups in total. The maximum absolute atomic E-state index is 11.7. The van der Waals surface area contributed by atoms with E-state index in [0.29, 0.717) is 0 Å². The van der Waals surface area contributed by atoms with Crippen molar-refractivity contribution in [2.75, 3.05) is 0 Å². The largest absolute Gasteiger partial charge is 0.785 e. The minimum absolute atomic E-state index is 0.0198. The first kappa shape index (κ1) is 10.4. The molecule has 2 rings (SSSR count). The van der Waals surface area contributed by atoms with Crippen molar-refractivity contribution in [3.63, 3.8) is 0 Å². The molecule has 4 nitrogen and oxygen atoms in total. The molecule has 0 aromatic heterocycles. The summed E-state index contributed by atoms with van der Waals surface area (Å²) in [6.45, 7) is 9.80. The number of fused-ring (bicyclic) bond motifs is 1. The molecule has 2 saturated heterocycles. The molecule has 0 aromatic carbocycles. The molecule has 82 valence electrons. The van der Waals surface area contributed by atoms with Gasteiger partial charge in [-0.3, -0.25) is 0 Å². The average molecular weight is 199 g/mol. The second kappa shape index (κ2) is 2.50. The van der Waals surface area contributed by atoms with Gasteiger partial charge >= 0.3 is 0 Å². The van der Waals surface area contributed by atoms with Crippen LogP contribution in [0.3, 0.4) is 0 Å². The lowest BCUT2D eigenvalue weighted by Gasteiger charge is -2.60. The van der Waals surface area contributed by atoms with Gasteiger partial charge in [-0.25, -0.2) is 0 Å². The summed E-state index contributed by atoms with van der Waals surface area (Å²) in [5.74, 6) is 0.264. The van der Waals surface area contributed by atoms with Crippen molar-refractivity contribution in [1.82, 2.24) is 10.1 Å². The number of nitrogens with zero attached hydrogens (tertiary/aromatic N) is 2. The summed E-state index contributed by atoms with van der Waals surface area (Å²) >= 11 is 0. The van der Waals surface area contributed by atoms with Crippen molar-refractivity contribution < 1.29 is 5.21 Å².